The van der Waals surface area contributed by atoms with E-state index in [2.05, 4.69) is 24.6 Å². The summed E-state index contributed by atoms with van der Waals surface area (Å²) in [6.45, 7) is 10.4. The van der Waals surface area contributed by atoms with Gasteiger partial charge in [-0.15, -0.1) is 0 Å². The van der Waals surface area contributed by atoms with Crippen LogP contribution >= 0.6 is 0 Å². The van der Waals surface area contributed by atoms with Crippen molar-refractivity contribution in [1.82, 2.24) is 0 Å². The number of aliphatic hydroxyl groups is 1. The predicted molar refractivity (Wildman–Crippen MR) is 53.0 cm³/mol. The second kappa shape index (κ2) is 4.02. The van der Waals surface area contributed by atoms with Gasteiger partial charge in [-0.2, -0.15) is 0 Å². The van der Waals surface area contributed by atoms with Crippen molar-refractivity contribution in [2.75, 3.05) is 0 Å². The SMILES string of the molecule is CC(C)N=CC(O)[Si](C)(C)C. The normalized spacial score (nSPS) is 16.3. The molecule has 0 aromatic heterocycles. The highest BCUT2D eigenvalue weighted by Crippen LogP contribution is 2.05. The molecule has 0 fully saturated rings. The van der Waals surface area contributed by atoms with E-state index in [-0.39, 0.29) is 5.73 Å². The van der Waals surface area contributed by atoms with Gasteiger partial charge in [0.25, 0.3) is 0 Å². The van der Waals surface area contributed by atoms with Gasteiger partial charge < -0.3 is 5.11 Å². The second-order valence-corrected chi connectivity index (χ2v) is 9.53. The van der Waals surface area contributed by atoms with E-state index in [9.17, 15) is 5.11 Å². The minimum absolute atomic E-state index is 0.293. The molecule has 0 rings (SSSR count). The van der Waals surface area contributed by atoms with Crippen molar-refractivity contribution in [3.05, 3.63) is 0 Å². The highest BCUT2D eigenvalue weighted by Gasteiger charge is 2.22. The average molecular weight is 173 g/mol. The minimum Gasteiger partial charge on any atom is -0.391 e. The molecule has 11 heavy (non-hydrogen) atoms. The van der Waals surface area contributed by atoms with Crippen LogP contribution in [-0.4, -0.2) is 31.2 Å². The third kappa shape index (κ3) is 5.15. The molecule has 0 amide bonds. The molecule has 0 saturated heterocycles. The molecule has 0 bridgehead atoms. The number of rotatable bonds is 3. The first kappa shape index (κ1) is 10.8. The summed E-state index contributed by atoms with van der Waals surface area (Å²) in [7, 11) is -1.42. The van der Waals surface area contributed by atoms with Crippen molar-refractivity contribution in [2.24, 2.45) is 4.99 Å². The summed E-state index contributed by atoms with van der Waals surface area (Å²) in [5, 5.41) is 9.55. The van der Waals surface area contributed by atoms with Crippen molar-refractivity contribution in [3.8, 4) is 0 Å². The number of nitrogens with zero attached hydrogens (tertiary/aromatic N) is 1. The fourth-order valence-corrected chi connectivity index (χ4v) is 1.01. The molecule has 2 nitrogen and oxygen atoms in total. The lowest BCUT2D eigenvalue weighted by Gasteiger charge is -2.19. The molecule has 0 aromatic rings. The zero-order valence-electron chi connectivity index (χ0n) is 8.13. The first-order chi connectivity index (χ1) is 4.84. The average Bonchev–Trinajstić information content (AvgIpc) is 1.80. The Bertz CT molecular complexity index is 138. The maximum atomic E-state index is 9.55. The summed E-state index contributed by atoms with van der Waals surface area (Å²) in [6.07, 6.45) is 1.69. The summed E-state index contributed by atoms with van der Waals surface area (Å²) in [5.74, 6) is 0. The Labute approximate surface area is 70.4 Å². The summed E-state index contributed by atoms with van der Waals surface area (Å²) in [6, 6.07) is 0.293. The molecule has 0 aliphatic rings. The lowest BCUT2D eigenvalue weighted by atomic mass is 10.4. The van der Waals surface area contributed by atoms with Gasteiger partial charge in [0.2, 0.25) is 0 Å². The smallest absolute Gasteiger partial charge is 0.0850 e. The van der Waals surface area contributed by atoms with Gasteiger partial charge in [-0.25, -0.2) is 0 Å². The Kier molecular flexibility index (Phi) is 3.96. The molecule has 0 radical (unpaired) electrons. The molecular formula is C8H19NOSi. The summed E-state index contributed by atoms with van der Waals surface area (Å²) in [4.78, 5) is 4.15. The van der Waals surface area contributed by atoms with E-state index in [1.165, 1.54) is 0 Å². The summed E-state index contributed by atoms with van der Waals surface area (Å²) >= 11 is 0. The Morgan fingerprint density at radius 3 is 2.00 bits per heavy atom. The van der Waals surface area contributed by atoms with Gasteiger partial charge in [0, 0.05) is 12.3 Å². The Balaban J connectivity index is 3.97. The van der Waals surface area contributed by atoms with Crippen LogP contribution in [0.1, 0.15) is 13.8 Å². The monoisotopic (exact) mass is 173 g/mol. The van der Waals surface area contributed by atoms with E-state index in [0.29, 0.717) is 6.04 Å². The van der Waals surface area contributed by atoms with E-state index < -0.39 is 8.07 Å². The van der Waals surface area contributed by atoms with Crippen molar-refractivity contribution in [3.63, 3.8) is 0 Å². The van der Waals surface area contributed by atoms with Crippen molar-refractivity contribution in [2.45, 2.75) is 45.3 Å². The number of hydrogen-bond donors (Lipinski definition) is 1. The van der Waals surface area contributed by atoms with Gasteiger partial charge in [0.05, 0.1) is 13.8 Å². The highest BCUT2D eigenvalue weighted by molar-refractivity contribution is 6.79. The molecule has 0 aliphatic carbocycles. The number of hydrogen-bond acceptors (Lipinski definition) is 2. The maximum absolute atomic E-state index is 9.55. The first-order valence-corrected chi connectivity index (χ1v) is 7.63. The Morgan fingerprint density at radius 1 is 1.27 bits per heavy atom. The van der Waals surface area contributed by atoms with Crippen LogP contribution in [-0.2, 0) is 0 Å². The molecule has 1 N–H and O–H groups in total. The van der Waals surface area contributed by atoms with Crippen LogP contribution in [0.4, 0.5) is 0 Å². The molecule has 0 saturated carbocycles. The molecule has 3 heteroatoms. The van der Waals surface area contributed by atoms with E-state index in [0.717, 1.165) is 0 Å². The van der Waals surface area contributed by atoms with E-state index >= 15 is 0 Å². The zero-order chi connectivity index (χ0) is 9.07. The quantitative estimate of drug-likeness (QED) is 0.511. The molecule has 66 valence electrons. The zero-order valence-corrected chi connectivity index (χ0v) is 9.13. The maximum Gasteiger partial charge on any atom is 0.0850 e. The van der Waals surface area contributed by atoms with Crippen LogP contribution in [0.3, 0.4) is 0 Å². The fraction of sp³-hybridized carbons (Fsp3) is 0.875. The van der Waals surface area contributed by atoms with Crippen molar-refractivity contribution < 1.29 is 5.11 Å². The van der Waals surface area contributed by atoms with Crippen LogP contribution in [0.15, 0.2) is 4.99 Å². The van der Waals surface area contributed by atoms with Gasteiger partial charge >= 0.3 is 0 Å². The third-order valence-corrected chi connectivity index (χ3v) is 3.34. The largest absolute Gasteiger partial charge is 0.391 e. The molecule has 0 aromatic carbocycles. The molecule has 0 aliphatic heterocycles. The van der Waals surface area contributed by atoms with Crippen LogP contribution in [0.25, 0.3) is 0 Å². The third-order valence-electron chi connectivity index (χ3n) is 1.41. The highest BCUT2D eigenvalue weighted by atomic mass is 28.3. The summed E-state index contributed by atoms with van der Waals surface area (Å²) in [5.41, 5.74) is -0.301. The Hall–Kier alpha value is -0.153. The van der Waals surface area contributed by atoms with E-state index in [4.69, 9.17) is 0 Å². The molecule has 0 spiro atoms. The van der Waals surface area contributed by atoms with Crippen LogP contribution in [0.2, 0.25) is 19.6 Å². The standard InChI is InChI=1S/C8H19NOSi/c1-7(2)9-6-8(10)11(3,4)5/h6-8,10H,1-5H3. The van der Waals surface area contributed by atoms with Crippen LogP contribution in [0, 0.1) is 0 Å². The van der Waals surface area contributed by atoms with Gasteiger partial charge in [-0.05, 0) is 13.8 Å². The van der Waals surface area contributed by atoms with E-state index in [1.807, 2.05) is 13.8 Å². The molecule has 0 heterocycles. The fourth-order valence-electron chi connectivity index (χ4n) is 0.477. The van der Waals surface area contributed by atoms with Gasteiger partial charge in [-0.1, -0.05) is 19.6 Å². The lowest BCUT2D eigenvalue weighted by molar-refractivity contribution is 0.311. The number of aliphatic imine (C=N–C) groups is 1. The van der Waals surface area contributed by atoms with Gasteiger partial charge in [0.15, 0.2) is 0 Å². The first-order valence-electron chi connectivity index (χ1n) is 4.05. The number of aliphatic hydroxyl groups excluding tert-OH is 1. The van der Waals surface area contributed by atoms with Gasteiger partial charge in [-0.3, -0.25) is 4.99 Å². The topological polar surface area (TPSA) is 32.6 Å². The van der Waals surface area contributed by atoms with Crippen molar-refractivity contribution in [1.29, 1.82) is 0 Å². The molecular weight excluding hydrogens is 154 g/mol. The van der Waals surface area contributed by atoms with Crippen LogP contribution < -0.4 is 0 Å². The summed E-state index contributed by atoms with van der Waals surface area (Å²) < 4.78 is 0. The van der Waals surface area contributed by atoms with E-state index in [1.54, 1.807) is 6.21 Å². The lowest BCUT2D eigenvalue weighted by Crippen LogP contribution is -2.39. The molecule has 1 unspecified atom stereocenters. The molecule has 1 atom stereocenters. The predicted octanol–water partition coefficient (Wildman–Crippen LogP) is 1.70. The van der Waals surface area contributed by atoms with Gasteiger partial charge in [0.1, 0.15) is 0 Å². The Morgan fingerprint density at radius 2 is 1.73 bits per heavy atom. The second-order valence-electron chi connectivity index (χ2n) is 4.20. The van der Waals surface area contributed by atoms with Crippen molar-refractivity contribution >= 4 is 14.3 Å². The minimum atomic E-state index is -1.42. The van der Waals surface area contributed by atoms with Crippen LogP contribution in [0.5, 0.6) is 0 Å².